The molecule has 1 saturated carbocycles. The molecule has 0 aromatic carbocycles. The predicted octanol–water partition coefficient (Wildman–Crippen LogP) is 0.979. The van der Waals surface area contributed by atoms with Crippen molar-refractivity contribution in [3.63, 3.8) is 0 Å². The number of aliphatic carboxylic acids is 1. The second kappa shape index (κ2) is 6.43. The SMILES string of the molecule is CC1(CNC(=O)N2CCCN(CC(=O)O)CC2)CCC1. The summed E-state index contributed by atoms with van der Waals surface area (Å²) in [6.45, 7) is 5.72. The van der Waals surface area contributed by atoms with E-state index in [1.165, 1.54) is 19.3 Å². The fraction of sp³-hybridized carbons (Fsp3) is 0.857. The molecule has 2 amide bonds. The van der Waals surface area contributed by atoms with Gasteiger partial charge in [0.05, 0.1) is 6.54 Å². The summed E-state index contributed by atoms with van der Waals surface area (Å²) in [6, 6.07) is -0.00435. The highest BCUT2D eigenvalue weighted by atomic mass is 16.4. The van der Waals surface area contributed by atoms with Crippen molar-refractivity contribution in [1.29, 1.82) is 0 Å². The van der Waals surface area contributed by atoms with Crippen molar-refractivity contribution in [3.8, 4) is 0 Å². The summed E-state index contributed by atoms with van der Waals surface area (Å²) in [5.74, 6) is -0.805. The maximum Gasteiger partial charge on any atom is 0.317 e. The van der Waals surface area contributed by atoms with Crippen molar-refractivity contribution < 1.29 is 14.7 Å². The number of amides is 2. The highest BCUT2D eigenvalue weighted by Crippen LogP contribution is 2.39. The Bertz CT molecular complexity index is 369. The van der Waals surface area contributed by atoms with Gasteiger partial charge in [0, 0.05) is 32.7 Å². The van der Waals surface area contributed by atoms with Crippen molar-refractivity contribution in [2.45, 2.75) is 32.6 Å². The van der Waals surface area contributed by atoms with Crippen molar-refractivity contribution in [1.82, 2.24) is 15.1 Å². The number of nitrogens with one attached hydrogen (secondary N) is 1. The molecule has 1 aliphatic carbocycles. The van der Waals surface area contributed by atoms with Crippen LogP contribution in [0.4, 0.5) is 4.79 Å². The average molecular weight is 283 g/mol. The van der Waals surface area contributed by atoms with Crippen LogP contribution in [0.3, 0.4) is 0 Å². The maximum absolute atomic E-state index is 12.1. The lowest BCUT2D eigenvalue weighted by molar-refractivity contribution is -0.138. The number of hydrogen-bond acceptors (Lipinski definition) is 3. The van der Waals surface area contributed by atoms with Crippen molar-refractivity contribution in [3.05, 3.63) is 0 Å². The molecule has 114 valence electrons. The van der Waals surface area contributed by atoms with E-state index in [0.29, 0.717) is 19.6 Å². The van der Waals surface area contributed by atoms with Crippen LogP contribution in [-0.2, 0) is 4.79 Å². The Morgan fingerprint density at radius 2 is 1.90 bits per heavy atom. The molecule has 2 fully saturated rings. The topological polar surface area (TPSA) is 72.9 Å². The van der Waals surface area contributed by atoms with Crippen LogP contribution in [0.15, 0.2) is 0 Å². The zero-order valence-corrected chi connectivity index (χ0v) is 12.2. The summed E-state index contributed by atoms with van der Waals surface area (Å²) in [4.78, 5) is 26.6. The van der Waals surface area contributed by atoms with Crippen LogP contribution in [0, 0.1) is 5.41 Å². The molecular weight excluding hydrogens is 258 g/mol. The van der Waals surface area contributed by atoms with Crippen LogP contribution >= 0.6 is 0 Å². The van der Waals surface area contributed by atoms with Crippen LogP contribution in [0.5, 0.6) is 0 Å². The summed E-state index contributed by atoms with van der Waals surface area (Å²) in [5, 5.41) is 11.8. The summed E-state index contributed by atoms with van der Waals surface area (Å²) in [5.41, 5.74) is 0.289. The van der Waals surface area contributed by atoms with Crippen molar-refractivity contribution in [2.75, 3.05) is 39.3 Å². The first-order valence-electron chi connectivity index (χ1n) is 7.45. The summed E-state index contributed by atoms with van der Waals surface area (Å²) >= 11 is 0. The third-order valence-electron chi connectivity index (χ3n) is 4.46. The molecule has 0 atom stereocenters. The smallest absolute Gasteiger partial charge is 0.317 e. The first-order valence-corrected chi connectivity index (χ1v) is 7.45. The Morgan fingerprint density at radius 3 is 2.50 bits per heavy atom. The van der Waals surface area contributed by atoms with Crippen LogP contribution in [-0.4, -0.2) is 66.2 Å². The van der Waals surface area contributed by atoms with E-state index in [1.807, 2.05) is 9.80 Å². The highest BCUT2D eigenvalue weighted by molar-refractivity contribution is 5.74. The molecule has 2 rings (SSSR count). The molecule has 1 heterocycles. The van der Waals surface area contributed by atoms with E-state index >= 15 is 0 Å². The Balaban J connectivity index is 1.74. The molecule has 0 radical (unpaired) electrons. The molecule has 6 heteroatoms. The molecule has 1 saturated heterocycles. The zero-order valence-electron chi connectivity index (χ0n) is 12.2. The molecule has 2 aliphatic rings. The van der Waals surface area contributed by atoms with Gasteiger partial charge in [-0.3, -0.25) is 9.69 Å². The molecular formula is C14H25N3O3. The molecule has 0 unspecified atom stereocenters. The number of carboxylic acids is 1. The number of nitrogens with zero attached hydrogens (tertiary/aromatic N) is 2. The van der Waals surface area contributed by atoms with Gasteiger partial charge in [-0.1, -0.05) is 13.3 Å². The largest absolute Gasteiger partial charge is 0.480 e. The number of carbonyl (C=O) groups excluding carboxylic acids is 1. The third-order valence-corrected chi connectivity index (χ3v) is 4.46. The number of carboxylic acid groups (broad SMARTS) is 1. The van der Waals surface area contributed by atoms with Gasteiger partial charge in [-0.2, -0.15) is 0 Å². The van der Waals surface area contributed by atoms with Crippen LogP contribution in [0.1, 0.15) is 32.6 Å². The second-order valence-electron chi connectivity index (χ2n) is 6.33. The molecule has 0 aromatic rings. The van der Waals surface area contributed by atoms with Crippen LogP contribution in [0.25, 0.3) is 0 Å². The molecule has 1 aliphatic heterocycles. The molecule has 20 heavy (non-hydrogen) atoms. The van der Waals surface area contributed by atoms with Gasteiger partial charge in [-0.05, 0) is 24.7 Å². The Hall–Kier alpha value is -1.30. The fourth-order valence-corrected chi connectivity index (χ4v) is 2.88. The van der Waals surface area contributed by atoms with Crippen molar-refractivity contribution >= 4 is 12.0 Å². The first kappa shape index (κ1) is 15.1. The lowest BCUT2D eigenvalue weighted by Gasteiger charge is -2.38. The van der Waals surface area contributed by atoms with Gasteiger partial charge < -0.3 is 15.3 Å². The van der Waals surface area contributed by atoms with Gasteiger partial charge >= 0.3 is 12.0 Å². The molecule has 6 nitrogen and oxygen atoms in total. The Kier molecular flexibility index (Phi) is 4.86. The highest BCUT2D eigenvalue weighted by Gasteiger charge is 2.32. The summed E-state index contributed by atoms with van der Waals surface area (Å²) < 4.78 is 0. The average Bonchev–Trinajstić information content (AvgIpc) is 2.58. The number of urea groups is 1. The van der Waals surface area contributed by atoms with E-state index < -0.39 is 5.97 Å². The normalized spacial score (nSPS) is 22.8. The van der Waals surface area contributed by atoms with Gasteiger partial charge in [0.15, 0.2) is 0 Å². The van der Waals surface area contributed by atoms with Crippen LogP contribution < -0.4 is 5.32 Å². The Morgan fingerprint density at radius 1 is 1.15 bits per heavy atom. The maximum atomic E-state index is 12.1. The number of hydrogen-bond donors (Lipinski definition) is 2. The second-order valence-corrected chi connectivity index (χ2v) is 6.33. The fourth-order valence-electron chi connectivity index (χ4n) is 2.88. The quantitative estimate of drug-likeness (QED) is 0.806. The lowest BCUT2D eigenvalue weighted by atomic mass is 9.70. The number of rotatable bonds is 4. The summed E-state index contributed by atoms with van der Waals surface area (Å²) in [7, 11) is 0. The first-order chi connectivity index (χ1) is 9.48. The van der Waals surface area contributed by atoms with Crippen molar-refractivity contribution in [2.24, 2.45) is 5.41 Å². The zero-order chi connectivity index (χ0) is 14.6. The minimum Gasteiger partial charge on any atom is -0.480 e. The van der Waals surface area contributed by atoms with E-state index in [9.17, 15) is 9.59 Å². The van der Waals surface area contributed by atoms with Crippen LogP contribution in [0.2, 0.25) is 0 Å². The van der Waals surface area contributed by atoms with E-state index in [4.69, 9.17) is 5.11 Å². The van der Waals surface area contributed by atoms with Gasteiger partial charge in [-0.25, -0.2) is 4.79 Å². The van der Waals surface area contributed by atoms with Gasteiger partial charge in [0.2, 0.25) is 0 Å². The standard InChI is InChI=1S/C14H25N3O3/c1-14(4-2-5-14)11-15-13(20)17-7-3-6-16(8-9-17)10-12(18)19/h2-11H2,1H3,(H,15,20)(H,18,19). The minimum absolute atomic E-state index is 0.00435. The van der Waals surface area contributed by atoms with Gasteiger partial charge in [0.1, 0.15) is 0 Å². The predicted molar refractivity (Wildman–Crippen MR) is 75.6 cm³/mol. The molecule has 2 N–H and O–H groups in total. The third kappa shape index (κ3) is 4.10. The molecule has 0 spiro atoms. The Labute approximate surface area is 120 Å². The summed E-state index contributed by atoms with van der Waals surface area (Å²) in [6.07, 6.45) is 4.48. The molecule has 0 aromatic heterocycles. The number of carbonyl (C=O) groups is 2. The van der Waals surface area contributed by atoms with E-state index in [2.05, 4.69) is 12.2 Å². The van der Waals surface area contributed by atoms with E-state index in [-0.39, 0.29) is 18.0 Å². The minimum atomic E-state index is -0.805. The van der Waals surface area contributed by atoms with Gasteiger partial charge in [-0.15, -0.1) is 0 Å². The van der Waals surface area contributed by atoms with E-state index in [1.54, 1.807) is 0 Å². The molecule has 0 bridgehead atoms. The van der Waals surface area contributed by atoms with Gasteiger partial charge in [0.25, 0.3) is 0 Å². The monoisotopic (exact) mass is 283 g/mol. The lowest BCUT2D eigenvalue weighted by Crippen LogP contribution is -2.47. The van der Waals surface area contributed by atoms with E-state index in [0.717, 1.165) is 19.5 Å².